The molecule has 1 amide bonds. The van der Waals surface area contributed by atoms with Crippen LogP contribution in [0.4, 0.5) is 10.9 Å². The fourth-order valence-corrected chi connectivity index (χ4v) is 3.89. The number of rotatable bonds is 4. The second-order valence-electron chi connectivity index (χ2n) is 6.94. The van der Waals surface area contributed by atoms with Gasteiger partial charge < -0.3 is 10.2 Å². The molecular formula is C18H25N5OS. The quantitative estimate of drug-likeness (QED) is 0.903. The van der Waals surface area contributed by atoms with Crippen LogP contribution >= 0.6 is 11.3 Å². The number of nitrogens with zero attached hydrogens (tertiary/aromatic N) is 4. The van der Waals surface area contributed by atoms with Crippen molar-refractivity contribution in [1.82, 2.24) is 19.9 Å². The molecule has 3 heterocycles. The molecule has 3 rings (SSSR count). The van der Waals surface area contributed by atoms with E-state index < -0.39 is 0 Å². The summed E-state index contributed by atoms with van der Waals surface area (Å²) >= 11 is 1.63. The number of carbonyl (C=O) groups excluding carboxylic acids is 1. The van der Waals surface area contributed by atoms with E-state index in [0.717, 1.165) is 47.7 Å². The molecule has 134 valence electrons. The zero-order valence-electron chi connectivity index (χ0n) is 15.5. The first-order valence-electron chi connectivity index (χ1n) is 8.69. The minimum Gasteiger partial charge on any atom is -0.342 e. The number of aryl methyl sites for hydroxylation is 3. The van der Waals surface area contributed by atoms with Crippen molar-refractivity contribution in [2.45, 2.75) is 47.0 Å². The highest BCUT2D eigenvalue weighted by Crippen LogP contribution is 2.29. The molecule has 0 spiro atoms. The van der Waals surface area contributed by atoms with Gasteiger partial charge in [-0.1, -0.05) is 13.8 Å². The summed E-state index contributed by atoms with van der Waals surface area (Å²) in [4.78, 5) is 29.0. The molecule has 0 bridgehead atoms. The summed E-state index contributed by atoms with van der Waals surface area (Å²) in [5.74, 6) is 2.04. The molecule has 25 heavy (non-hydrogen) atoms. The van der Waals surface area contributed by atoms with Gasteiger partial charge in [0.25, 0.3) is 0 Å². The fourth-order valence-electron chi connectivity index (χ4n) is 3.07. The lowest BCUT2D eigenvalue weighted by Gasteiger charge is -2.18. The average Bonchev–Trinajstić information content (AvgIpc) is 3.13. The van der Waals surface area contributed by atoms with Gasteiger partial charge in [-0.05, 0) is 27.2 Å². The Kier molecular flexibility index (Phi) is 5.03. The number of amides is 1. The number of hydrogen-bond acceptors (Lipinski definition) is 6. The molecule has 1 aliphatic rings. The summed E-state index contributed by atoms with van der Waals surface area (Å²) < 4.78 is 0. The Morgan fingerprint density at radius 1 is 1.28 bits per heavy atom. The fraction of sp³-hybridized carbons (Fsp3) is 0.556. The second-order valence-corrected chi connectivity index (χ2v) is 8.14. The minimum atomic E-state index is 0.0412. The van der Waals surface area contributed by atoms with Crippen LogP contribution in [0.5, 0.6) is 0 Å². The third-order valence-corrected chi connectivity index (χ3v) is 5.52. The Morgan fingerprint density at radius 3 is 2.68 bits per heavy atom. The average molecular weight is 359 g/mol. The lowest BCUT2D eigenvalue weighted by atomic mass is 10.0. The molecular weight excluding hydrogens is 334 g/mol. The Morgan fingerprint density at radius 2 is 2.04 bits per heavy atom. The number of nitrogens with one attached hydrogen (secondary N) is 1. The van der Waals surface area contributed by atoms with Gasteiger partial charge in [0.2, 0.25) is 5.91 Å². The van der Waals surface area contributed by atoms with Crippen molar-refractivity contribution in [3.63, 3.8) is 0 Å². The molecule has 0 aliphatic carbocycles. The van der Waals surface area contributed by atoms with Gasteiger partial charge in [-0.25, -0.2) is 15.0 Å². The van der Waals surface area contributed by atoms with Gasteiger partial charge in [0.15, 0.2) is 5.13 Å². The number of anilines is 2. The van der Waals surface area contributed by atoms with E-state index >= 15 is 0 Å². The van der Waals surface area contributed by atoms with Crippen molar-refractivity contribution in [3.8, 4) is 0 Å². The molecule has 1 saturated heterocycles. The topological polar surface area (TPSA) is 71.0 Å². The van der Waals surface area contributed by atoms with Crippen molar-refractivity contribution in [1.29, 1.82) is 0 Å². The van der Waals surface area contributed by atoms with E-state index in [1.54, 1.807) is 11.3 Å². The van der Waals surface area contributed by atoms with Gasteiger partial charge in [0.05, 0.1) is 11.4 Å². The molecule has 1 aliphatic heterocycles. The van der Waals surface area contributed by atoms with Crippen molar-refractivity contribution < 1.29 is 4.79 Å². The van der Waals surface area contributed by atoms with Crippen LogP contribution in [0.2, 0.25) is 0 Å². The molecule has 1 N–H and O–H groups in total. The molecule has 1 atom stereocenters. The highest BCUT2D eigenvalue weighted by molar-refractivity contribution is 7.15. The highest BCUT2D eigenvalue weighted by Gasteiger charge is 2.29. The minimum absolute atomic E-state index is 0.0412. The maximum absolute atomic E-state index is 12.2. The van der Waals surface area contributed by atoms with Crippen LogP contribution in [0.1, 0.15) is 48.3 Å². The van der Waals surface area contributed by atoms with Crippen LogP contribution in [0.3, 0.4) is 0 Å². The summed E-state index contributed by atoms with van der Waals surface area (Å²) in [5.41, 5.74) is 2.04. The van der Waals surface area contributed by atoms with E-state index in [2.05, 4.69) is 27.2 Å². The number of likely N-dealkylation sites (tertiary alicyclic amines) is 1. The lowest BCUT2D eigenvalue weighted by molar-refractivity contribution is -0.133. The smallest absolute Gasteiger partial charge is 0.225 e. The zero-order chi connectivity index (χ0) is 18.1. The van der Waals surface area contributed by atoms with Crippen molar-refractivity contribution in [2.75, 3.05) is 18.4 Å². The Labute approximate surface area is 152 Å². The number of hydrogen-bond donors (Lipinski definition) is 1. The molecule has 0 aromatic carbocycles. The summed E-state index contributed by atoms with van der Waals surface area (Å²) in [6.45, 7) is 11.4. The monoisotopic (exact) mass is 359 g/mol. The second kappa shape index (κ2) is 7.07. The first kappa shape index (κ1) is 17.8. The first-order valence-corrected chi connectivity index (χ1v) is 9.50. The van der Waals surface area contributed by atoms with Crippen LogP contribution in [-0.4, -0.2) is 38.8 Å². The summed E-state index contributed by atoms with van der Waals surface area (Å²) in [7, 11) is 0. The predicted molar refractivity (Wildman–Crippen MR) is 100 cm³/mol. The number of thiazole rings is 1. The Bertz CT molecular complexity index is 766. The van der Waals surface area contributed by atoms with Crippen molar-refractivity contribution >= 4 is 28.2 Å². The summed E-state index contributed by atoms with van der Waals surface area (Å²) in [5, 5.41) is 4.15. The molecule has 0 saturated carbocycles. The van der Waals surface area contributed by atoms with Crippen LogP contribution < -0.4 is 5.32 Å². The van der Waals surface area contributed by atoms with E-state index in [1.807, 2.05) is 38.7 Å². The van der Waals surface area contributed by atoms with E-state index in [4.69, 9.17) is 0 Å². The van der Waals surface area contributed by atoms with Crippen LogP contribution in [0.25, 0.3) is 0 Å². The van der Waals surface area contributed by atoms with Gasteiger partial charge >= 0.3 is 0 Å². The molecule has 2 aromatic rings. The van der Waals surface area contributed by atoms with E-state index in [1.165, 1.54) is 4.88 Å². The van der Waals surface area contributed by atoms with Crippen LogP contribution in [-0.2, 0) is 4.79 Å². The summed E-state index contributed by atoms with van der Waals surface area (Å²) in [6, 6.07) is 1.99. The normalized spacial score (nSPS) is 17.4. The lowest BCUT2D eigenvalue weighted by Crippen LogP contribution is -2.32. The molecule has 2 aromatic heterocycles. The third kappa shape index (κ3) is 3.98. The SMILES string of the molecule is Cc1nc(Nc2nc(C)c(C)s2)cc(C2CCN(C(=O)C(C)C)C2)n1. The van der Waals surface area contributed by atoms with Crippen molar-refractivity contribution in [3.05, 3.63) is 28.2 Å². The Balaban J connectivity index is 1.77. The molecule has 1 unspecified atom stereocenters. The van der Waals surface area contributed by atoms with E-state index in [-0.39, 0.29) is 17.7 Å². The maximum Gasteiger partial charge on any atom is 0.225 e. The van der Waals surface area contributed by atoms with Crippen LogP contribution in [0, 0.1) is 26.7 Å². The standard InChI is InChI=1S/C18H25N5OS/c1-10(2)17(24)23-7-6-14(9-23)15-8-16(21-13(5)20-15)22-18-19-11(3)12(4)25-18/h8,10,14H,6-7,9H2,1-5H3,(H,19,20,21,22). The predicted octanol–water partition coefficient (Wildman–Crippen LogP) is 3.57. The van der Waals surface area contributed by atoms with Crippen LogP contribution in [0.15, 0.2) is 6.07 Å². The van der Waals surface area contributed by atoms with Gasteiger partial charge in [0.1, 0.15) is 11.6 Å². The third-order valence-electron chi connectivity index (χ3n) is 4.53. The Hall–Kier alpha value is -2.02. The molecule has 0 radical (unpaired) electrons. The number of carbonyl (C=O) groups is 1. The largest absolute Gasteiger partial charge is 0.342 e. The van der Waals surface area contributed by atoms with Gasteiger partial charge in [-0.3, -0.25) is 4.79 Å². The van der Waals surface area contributed by atoms with Crippen molar-refractivity contribution in [2.24, 2.45) is 5.92 Å². The summed E-state index contributed by atoms with van der Waals surface area (Å²) in [6.07, 6.45) is 0.948. The van der Waals surface area contributed by atoms with E-state index in [9.17, 15) is 4.79 Å². The zero-order valence-corrected chi connectivity index (χ0v) is 16.3. The maximum atomic E-state index is 12.2. The number of aromatic nitrogens is 3. The van der Waals surface area contributed by atoms with Gasteiger partial charge in [-0.2, -0.15) is 0 Å². The first-order chi connectivity index (χ1) is 11.8. The van der Waals surface area contributed by atoms with Gasteiger partial charge in [0, 0.05) is 35.9 Å². The van der Waals surface area contributed by atoms with Gasteiger partial charge in [-0.15, -0.1) is 11.3 Å². The molecule has 7 heteroatoms. The van der Waals surface area contributed by atoms with E-state index in [0.29, 0.717) is 0 Å². The highest BCUT2D eigenvalue weighted by atomic mass is 32.1. The molecule has 6 nitrogen and oxygen atoms in total. The molecule has 1 fully saturated rings.